The van der Waals surface area contributed by atoms with Gasteiger partial charge in [-0.05, 0) is 18.2 Å². The van der Waals surface area contributed by atoms with E-state index in [-0.39, 0.29) is 0 Å². The molecule has 0 aliphatic carbocycles. The lowest BCUT2D eigenvalue weighted by atomic mass is 10.3. The number of rotatable bonds is 2. The molecule has 5 nitrogen and oxygen atoms in total. The molecule has 1 aliphatic heterocycles. The lowest BCUT2D eigenvalue weighted by molar-refractivity contribution is 0.271. The number of allylic oxidation sites excluding steroid dienone is 1. The fraction of sp³-hybridized carbons (Fsp3) is 0. The van der Waals surface area contributed by atoms with Gasteiger partial charge in [-0.2, -0.15) is 0 Å². The van der Waals surface area contributed by atoms with Gasteiger partial charge in [0.25, 0.3) is 0 Å². The number of hydrazone groups is 1. The van der Waals surface area contributed by atoms with E-state index in [1.807, 2.05) is 30.3 Å². The third-order valence-electron chi connectivity index (χ3n) is 1.68. The summed E-state index contributed by atoms with van der Waals surface area (Å²) in [5.41, 5.74) is 12.3. The second kappa shape index (κ2) is 3.69. The number of hydrogen-bond acceptors (Lipinski definition) is 5. The quantitative estimate of drug-likeness (QED) is 0.638. The van der Waals surface area contributed by atoms with Crippen molar-refractivity contribution in [2.24, 2.45) is 10.8 Å². The fourth-order valence-electron chi connectivity index (χ4n) is 1.06. The average molecular weight is 189 g/mol. The molecule has 0 radical (unpaired) electrons. The largest absolute Gasteiger partial charge is 0.384 e. The Bertz CT molecular complexity index is 357. The molecule has 0 amide bonds. The number of nitrogens with two attached hydrogens (primary N) is 1. The van der Waals surface area contributed by atoms with Crippen LogP contribution in [0.4, 0.5) is 5.69 Å². The van der Waals surface area contributed by atoms with Crippen LogP contribution in [-0.4, -0.2) is 11.4 Å². The maximum atomic E-state index is 5.56. The van der Waals surface area contributed by atoms with Crippen molar-refractivity contribution < 1.29 is 0 Å². The SMILES string of the molecule is NC1=CC=NN(Nc2ccccc2)N1. The van der Waals surface area contributed by atoms with Gasteiger partial charge < -0.3 is 5.73 Å². The number of para-hydroxylation sites is 1. The molecule has 5 heteroatoms. The van der Waals surface area contributed by atoms with Crippen LogP contribution in [0, 0.1) is 0 Å². The minimum atomic E-state index is 0.545. The summed E-state index contributed by atoms with van der Waals surface area (Å²) in [6.45, 7) is 0. The van der Waals surface area contributed by atoms with Crippen LogP contribution in [0.2, 0.25) is 0 Å². The first-order valence-electron chi connectivity index (χ1n) is 4.23. The fourth-order valence-corrected chi connectivity index (χ4v) is 1.06. The summed E-state index contributed by atoms with van der Waals surface area (Å²) < 4.78 is 0. The van der Waals surface area contributed by atoms with Crippen molar-refractivity contribution in [3.05, 3.63) is 42.2 Å². The predicted molar refractivity (Wildman–Crippen MR) is 55.8 cm³/mol. The smallest absolute Gasteiger partial charge is 0.120 e. The normalized spacial score (nSPS) is 14.6. The highest BCUT2D eigenvalue weighted by atomic mass is 15.9. The van der Waals surface area contributed by atoms with Crippen LogP contribution in [0.25, 0.3) is 0 Å². The van der Waals surface area contributed by atoms with Gasteiger partial charge in [-0.25, -0.2) is 5.43 Å². The molecule has 2 rings (SSSR count). The Kier molecular flexibility index (Phi) is 2.22. The van der Waals surface area contributed by atoms with E-state index in [0.717, 1.165) is 5.69 Å². The molecule has 0 saturated carbocycles. The van der Waals surface area contributed by atoms with E-state index in [1.54, 1.807) is 12.3 Å². The third kappa shape index (κ3) is 1.95. The van der Waals surface area contributed by atoms with Crippen LogP contribution in [0.15, 0.2) is 47.3 Å². The molecule has 0 spiro atoms. The van der Waals surface area contributed by atoms with Crippen molar-refractivity contribution in [3.8, 4) is 0 Å². The van der Waals surface area contributed by atoms with E-state index in [9.17, 15) is 0 Å². The van der Waals surface area contributed by atoms with Crippen LogP contribution >= 0.6 is 0 Å². The minimum Gasteiger partial charge on any atom is -0.384 e. The van der Waals surface area contributed by atoms with Gasteiger partial charge in [0.05, 0.1) is 11.9 Å². The second-order valence-electron chi connectivity index (χ2n) is 2.79. The van der Waals surface area contributed by atoms with Gasteiger partial charge in [0.1, 0.15) is 5.82 Å². The Morgan fingerprint density at radius 3 is 2.79 bits per heavy atom. The molecule has 1 heterocycles. The van der Waals surface area contributed by atoms with Crippen molar-refractivity contribution in [2.45, 2.75) is 0 Å². The van der Waals surface area contributed by atoms with E-state index in [1.165, 1.54) is 5.23 Å². The second-order valence-corrected chi connectivity index (χ2v) is 2.79. The van der Waals surface area contributed by atoms with Crippen molar-refractivity contribution in [1.82, 2.24) is 10.7 Å². The minimum absolute atomic E-state index is 0.545. The van der Waals surface area contributed by atoms with E-state index in [2.05, 4.69) is 16.0 Å². The van der Waals surface area contributed by atoms with E-state index >= 15 is 0 Å². The number of anilines is 1. The Balaban J connectivity index is 2.00. The van der Waals surface area contributed by atoms with Crippen molar-refractivity contribution >= 4 is 11.9 Å². The number of benzene rings is 1. The van der Waals surface area contributed by atoms with Gasteiger partial charge in [-0.1, -0.05) is 18.2 Å². The highest BCUT2D eigenvalue weighted by Crippen LogP contribution is 2.06. The molecule has 1 aromatic carbocycles. The maximum absolute atomic E-state index is 5.56. The molecule has 0 bridgehead atoms. The summed E-state index contributed by atoms with van der Waals surface area (Å²) in [6.07, 6.45) is 3.30. The molecule has 0 saturated heterocycles. The zero-order chi connectivity index (χ0) is 9.80. The zero-order valence-corrected chi connectivity index (χ0v) is 7.51. The summed E-state index contributed by atoms with van der Waals surface area (Å²) >= 11 is 0. The zero-order valence-electron chi connectivity index (χ0n) is 7.51. The van der Waals surface area contributed by atoms with Crippen LogP contribution in [0.3, 0.4) is 0 Å². The summed E-state index contributed by atoms with van der Waals surface area (Å²) in [5.74, 6) is 0.545. The molecule has 72 valence electrons. The molecular weight excluding hydrogens is 178 g/mol. The molecule has 0 aromatic heterocycles. The molecule has 1 aromatic rings. The number of hydrazine groups is 2. The van der Waals surface area contributed by atoms with Crippen molar-refractivity contribution in [1.29, 1.82) is 0 Å². The summed E-state index contributed by atoms with van der Waals surface area (Å²) in [7, 11) is 0. The Labute approximate surface area is 81.8 Å². The summed E-state index contributed by atoms with van der Waals surface area (Å²) in [6, 6.07) is 9.70. The highest BCUT2D eigenvalue weighted by Gasteiger charge is 2.02. The molecule has 4 N–H and O–H groups in total. The standard InChI is InChI=1S/C9H11N5/c10-9-6-7-11-14(13-9)12-8-4-2-1-3-5-8/h1-7,12-13H,10H2. The highest BCUT2D eigenvalue weighted by molar-refractivity contribution is 5.72. The van der Waals surface area contributed by atoms with Gasteiger partial charge in [-0.15, -0.1) is 10.3 Å². The van der Waals surface area contributed by atoms with E-state index in [0.29, 0.717) is 5.82 Å². The molecular formula is C9H11N5. The van der Waals surface area contributed by atoms with Crippen LogP contribution in [0.1, 0.15) is 0 Å². The van der Waals surface area contributed by atoms with Crippen molar-refractivity contribution in [2.75, 3.05) is 5.43 Å². The first-order valence-corrected chi connectivity index (χ1v) is 4.23. The number of hydrogen-bond donors (Lipinski definition) is 3. The topological polar surface area (TPSA) is 65.7 Å². The molecule has 14 heavy (non-hydrogen) atoms. The van der Waals surface area contributed by atoms with Gasteiger partial charge in [0, 0.05) is 0 Å². The monoisotopic (exact) mass is 189 g/mol. The van der Waals surface area contributed by atoms with Crippen molar-refractivity contribution in [3.63, 3.8) is 0 Å². The molecule has 0 unspecified atom stereocenters. The molecule has 0 atom stereocenters. The van der Waals surface area contributed by atoms with Gasteiger partial charge in [0.15, 0.2) is 0 Å². The molecule has 1 aliphatic rings. The third-order valence-corrected chi connectivity index (χ3v) is 1.68. The van der Waals surface area contributed by atoms with E-state index in [4.69, 9.17) is 5.73 Å². The Morgan fingerprint density at radius 2 is 2.07 bits per heavy atom. The average Bonchev–Trinajstić information content (AvgIpc) is 2.19. The predicted octanol–water partition coefficient (Wildman–Crippen LogP) is 0.620. The first-order chi connectivity index (χ1) is 6.84. The van der Waals surface area contributed by atoms with Gasteiger partial charge in [0.2, 0.25) is 0 Å². The van der Waals surface area contributed by atoms with E-state index < -0.39 is 0 Å². The molecule has 0 fully saturated rings. The summed E-state index contributed by atoms with van der Waals surface area (Å²) in [4.78, 5) is 0. The lowest BCUT2D eigenvalue weighted by Crippen LogP contribution is -2.41. The summed E-state index contributed by atoms with van der Waals surface area (Å²) in [5, 5.41) is 5.45. The van der Waals surface area contributed by atoms with Crippen LogP contribution < -0.4 is 16.6 Å². The Hall–Kier alpha value is -2.17. The van der Waals surface area contributed by atoms with Crippen LogP contribution in [0.5, 0.6) is 0 Å². The lowest BCUT2D eigenvalue weighted by Gasteiger charge is -2.23. The van der Waals surface area contributed by atoms with Crippen LogP contribution in [-0.2, 0) is 0 Å². The first kappa shape index (κ1) is 8.43. The van der Waals surface area contributed by atoms with Gasteiger partial charge in [-0.3, -0.25) is 5.43 Å². The Morgan fingerprint density at radius 1 is 1.29 bits per heavy atom. The van der Waals surface area contributed by atoms with Gasteiger partial charge >= 0.3 is 0 Å². The number of nitrogens with one attached hydrogen (secondary N) is 2. The number of nitrogens with zero attached hydrogens (tertiary/aromatic N) is 2. The maximum Gasteiger partial charge on any atom is 0.120 e.